The van der Waals surface area contributed by atoms with Crippen LogP contribution in [0.2, 0.25) is 0 Å². The van der Waals surface area contributed by atoms with E-state index in [9.17, 15) is 0 Å². The Balaban J connectivity index is 2.18. The molecule has 0 radical (unpaired) electrons. The second kappa shape index (κ2) is 31.5. The van der Waals surface area contributed by atoms with E-state index in [1.54, 1.807) is 32.0 Å². The highest BCUT2D eigenvalue weighted by molar-refractivity contribution is 7.99. The highest BCUT2D eigenvalue weighted by Crippen LogP contribution is 2.38. The van der Waals surface area contributed by atoms with Gasteiger partial charge in [0.2, 0.25) is 0 Å². The molecule has 2 rings (SSSR count). The Bertz CT molecular complexity index is 940. The van der Waals surface area contributed by atoms with Crippen LogP contribution in [0, 0.1) is 0 Å². The summed E-state index contributed by atoms with van der Waals surface area (Å²) in [6, 6.07) is 14.7. The van der Waals surface area contributed by atoms with E-state index < -0.39 is 0 Å². The third-order valence-electron chi connectivity index (χ3n) is 10.8. The number of unbranched alkanes of at least 4 members (excludes halogenated alkanes) is 24. The molecule has 49 heavy (non-hydrogen) atoms. The van der Waals surface area contributed by atoms with E-state index in [1.807, 2.05) is 0 Å². The summed E-state index contributed by atoms with van der Waals surface area (Å²) in [5, 5.41) is 0. The van der Waals surface area contributed by atoms with Crippen LogP contribution in [0.25, 0.3) is 0 Å². The average Bonchev–Trinajstić information content (AvgIpc) is 3.11. The van der Waals surface area contributed by atoms with Crippen molar-refractivity contribution in [2.75, 3.05) is 0 Å². The van der Waals surface area contributed by atoms with E-state index in [0.29, 0.717) is 0 Å². The summed E-state index contributed by atoms with van der Waals surface area (Å²) in [6.07, 6.45) is 44.0. The Morgan fingerprint density at radius 2 is 0.571 bits per heavy atom. The van der Waals surface area contributed by atoms with Crippen LogP contribution in [0.15, 0.2) is 46.2 Å². The maximum absolute atomic E-state index is 2.48. The third kappa shape index (κ3) is 21.0. The van der Waals surface area contributed by atoms with Crippen LogP contribution in [0.3, 0.4) is 0 Å². The number of hydrogen-bond acceptors (Lipinski definition) is 1. The number of hydrogen-bond donors (Lipinski definition) is 0. The molecule has 0 nitrogen and oxygen atoms in total. The average molecular weight is 691 g/mol. The van der Waals surface area contributed by atoms with Gasteiger partial charge in [0, 0.05) is 9.79 Å². The van der Waals surface area contributed by atoms with Gasteiger partial charge in [0.05, 0.1) is 0 Å². The molecule has 0 heterocycles. The molecule has 0 N–H and O–H groups in total. The van der Waals surface area contributed by atoms with Crippen LogP contribution in [-0.2, 0) is 25.7 Å². The second-order valence-corrected chi connectivity index (χ2v) is 16.5. The van der Waals surface area contributed by atoms with Gasteiger partial charge in [-0.15, -0.1) is 0 Å². The van der Waals surface area contributed by atoms with Crippen LogP contribution in [-0.4, -0.2) is 0 Å². The van der Waals surface area contributed by atoms with Gasteiger partial charge in [0.1, 0.15) is 0 Å². The monoisotopic (exact) mass is 691 g/mol. The molecule has 0 atom stereocenters. The third-order valence-corrected chi connectivity index (χ3v) is 12.0. The number of rotatable bonds is 34. The normalized spacial score (nSPS) is 11.5. The molecule has 0 bridgehead atoms. The first kappa shape index (κ1) is 44.0. The minimum absolute atomic E-state index is 1.26. The van der Waals surface area contributed by atoms with E-state index in [1.165, 1.54) is 205 Å². The standard InChI is InChI=1S/C48H82S/c1-5-9-13-17-21-25-29-35-43-37-33-41-47(45(43)39-31-27-23-19-15-11-7-3)49-48-42-34-38-44(36-30-26-22-18-14-10-6-2)46(48)40-32-28-24-20-16-12-8-4/h33-34,37-38,41-42H,5-32,35-36,39-40H2,1-4H3. The van der Waals surface area contributed by atoms with Crippen molar-refractivity contribution < 1.29 is 0 Å². The summed E-state index contributed by atoms with van der Waals surface area (Å²) >= 11 is 2.12. The molecule has 0 aliphatic carbocycles. The Morgan fingerprint density at radius 1 is 0.306 bits per heavy atom. The van der Waals surface area contributed by atoms with E-state index >= 15 is 0 Å². The highest BCUT2D eigenvalue weighted by Gasteiger charge is 2.15. The van der Waals surface area contributed by atoms with Gasteiger partial charge in [-0.1, -0.05) is 218 Å². The Hall–Kier alpha value is -1.21. The fourth-order valence-corrected chi connectivity index (χ4v) is 8.87. The van der Waals surface area contributed by atoms with Gasteiger partial charge in [0.15, 0.2) is 0 Å². The Kier molecular flexibility index (Phi) is 28.3. The van der Waals surface area contributed by atoms with Gasteiger partial charge in [-0.3, -0.25) is 0 Å². The van der Waals surface area contributed by atoms with Crippen molar-refractivity contribution in [2.45, 2.75) is 243 Å². The predicted octanol–water partition coefficient (Wildman–Crippen LogP) is 17.0. The maximum atomic E-state index is 2.48. The zero-order valence-corrected chi connectivity index (χ0v) is 34.3. The minimum atomic E-state index is 1.26. The van der Waals surface area contributed by atoms with Gasteiger partial charge in [0.25, 0.3) is 0 Å². The largest absolute Gasteiger partial charge is 0.0895 e. The number of benzene rings is 2. The molecule has 0 amide bonds. The smallest absolute Gasteiger partial charge is 0.0157 e. The molecule has 280 valence electrons. The van der Waals surface area contributed by atoms with Crippen LogP contribution in [0.5, 0.6) is 0 Å². The summed E-state index contributed by atoms with van der Waals surface area (Å²) in [5.41, 5.74) is 6.67. The lowest BCUT2D eigenvalue weighted by molar-refractivity contribution is 0.581. The van der Waals surface area contributed by atoms with Crippen molar-refractivity contribution in [2.24, 2.45) is 0 Å². The fourth-order valence-electron chi connectivity index (χ4n) is 7.63. The molecule has 0 saturated heterocycles. The molecule has 0 aliphatic heterocycles. The molecular weight excluding hydrogens is 609 g/mol. The van der Waals surface area contributed by atoms with Crippen LogP contribution < -0.4 is 0 Å². The summed E-state index contributed by atoms with van der Waals surface area (Å²) in [5.74, 6) is 0. The van der Waals surface area contributed by atoms with Gasteiger partial charge < -0.3 is 0 Å². The van der Waals surface area contributed by atoms with Crippen molar-refractivity contribution in [3.63, 3.8) is 0 Å². The highest BCUT2D eigenvalue weighted by atomic mass is 32.2. The Morgan fingerprint density at radius 3 is 0.878 bits per heavy atom. The molecular formula is C48H82S. The molecule has 2 aromatic rings. The van der Waals surface area contributed by atoms with Crippen LogP contribution in [0.4, 0.5) is 0 Å². The lowest BCUT2D eigenvalue weighted by Gasteiger charge is -2.19. The van der Waals surface area contributed by atoms with Gasteiger partial charge in [-0.2, -0.15) is 0 Å². The quantitative estimate of drug-likeness (QED) is 0.0659. The maximum Gasteiger partial charge on any atom is 0.0157 e. The summed E-state index contributed by atoms with van der Waals surface area (Å²) in [7, 11) is 0. The molecule has 0 saturated carbocycles. The van der Waals surface area contributed by atoms with E-state index in [2.05, 4.69) is 75.9 Å². The topological polar surface area (TPSA) is 0 Å². The van der Waals surface area contributed by atoms with Crippen molar-refractivity contribution in [3.8, 4) is 0 Å². The van der Waals surface area contributed by atoms with E-state index in [4.69, 9.17) is 0 Å². The van der Waals surface area contributed by atoms with Crippen LogP contribution in [0.1, 0.15) is 230 Å². The van der Waals surface area contributed by atoms with Crippen molar-refractivity contribution in [1.82, 2.24) is 0 Å². The molecule has 0 fully saturated rings. The molecule has 0 aromatic heterocycles. The van der Waals surface area contributed by atoms with Crippen LogP contribution >= 0.6 is 11.8 Å². The van der Waals surface area contributed by atoms with Crippen molar-refractivity contribution in [1.29, 1.82) is 0 Å². The lowest BCUT2D eigenvalue weighted by Crippen LogP contribution is -2.01. The van der Waals surface area contributed by atoms with E-state index in [0.717, 1.165) is 0 Å². The van der Waals surface area contributed by atoms with E-state index in [-0.39, 0.29) is 0 Å². The summed E-state index contributed by atoms with van der Waals surface area (Å²) in [4.78, 5) is 3.11. The molecule has 1 heteroatoms. The first-order chi connectivity index (χ1) is 24.2. The molecule has 0 aliphatic rings. The summed E-state index contributed by atoms with van der Waals surface area (Å²) in [6.45, 7) is 9.30. The lowest BCUT2D eigenvalue weighted by atomic mass is 9.96. The van der Waals surface area contributed by atoms with Gasteiger partial charge >= 0.3 is 0 Å². The predicted molar refractivity (Wildman–Crippen MR) is 224 cm³/mol. The fraction of sp³-hybridized carbons (Fsp3) is 0.750. The molecule has 0 spiro atoms. The first-order valence-electron chi connectivity index (χ1n) is 22.1. The SMILES string of the molecule is CCCCCCCCCc1cccc(Sc2cccc(CCCCCCCCC)c2CCCCCCCCC)c1CCCCCCCCC. The Labute approximate surface area is 312 Å². The first-order valence-corrected chi connectivity index (χ1v) is 23.0. The molecule has 2 aromatic carbocycles. The van der Waals surface area contributed by atoms with Gasteiger partial charge in [-0.05, 0) is 85.8 Å². The zero-order chi connectivity index (χ0) is 35.0. The summed E-state index contributed by atoms with van der Waals surface area (Å²) < 4.78 is 0. The van der Waals surface area contributed by atoms with Gasteiger partial charge in [-0.25, -0.2) is 0 Å². The van der Waals surface area contributed by atoms with Crippen molar-refractivity contribution in [3.05, 3.63) is 58.7 Å². The zero-order valence-electron chi connectivity index (χ0n) is 33.5. The second-order valence-electron chi connectivity index (χ2n) is 15.4. The molecule has 0 unspecified atom stereocenters. The van der Waals surface area contributed by atoms with Crippen molar-refractivity contribution >= 4 is 11.8 Å². The minimum Gasteiger partial charge on any atom is -0.0895 e. The number of aryl methyl sites for hydroxylation is 2.